The zero-order chi connectivity index (χ0) is 41.8. The highest BCUT2D eigenvalue weighted by atomic mass is 16.3. The van der Waals surface area contributed by atoms with E-state index in [1.54, 1.807) is 0 Å². The van der Waals surface area contributed by atoms with Gasteiger partial charge >= 0.3 is 0 Å². The highest BCUT2D eigenvalue weighted by Crippen LogP contribution is 2.53. The lowest BCUT2D eigenvalue weighted by Crippen LogP contribution is -2.17. The molecule has 1 heterocycles. The first-order valence-corrected chi connectivity index (χ1v) is 21.9. The second-order valence-corrected chi connectivity index (χ2v) is 17.6. The summed E-state index contributed by atoms with van der Waals surface area (Å²) < 4.78 is 6.68. The molecule has 0 aliphatic heterocycles. The topological polar surface area (TPSA) is 16.4 Å². The minimum absolute atomic E-state index is 0.165. The Morgan fingerprint density at radius 3 is 1.71 bits per heavy atom. The third-order valence-electron chi connectivity index (χ3n) is 13.8. The average Bonchev–Trinajstić information content (AvgIpc) is 3.83. The van der Waals surface area contributed by atoms with Crippen molar-refractivity contribution in [2.45, 2.75) is 19.3 Å². The van der Waals surface area contributed by atoms with Crippen molar-refractivity contribution in [3.8, 4) is 33.4 Å². The van der Waals surface area contributed by atoms with Crippen molar-refractivity contribution in [3.05, 3.63) is 223 Å². The Kier molecular flexibility index (Phi) is 7.68. The summed E-state index contributed by atoms with van der Waals surface area (Å²) in [5.41, 5.74) is 14.9. The summed E-state index contributed by atoms with van der Waals surface area (Å²) in [6, 6.07) is 78.1. The Labute approximate surface area is 365 Å². The normalized spacial score (nSPS) is 13.0. The van der Waals surface area contributed by atoms with Crippen LogP contribution in [0.4, 0.5) is 17.1 Å². The quantitative estimate of drug-likeness (QED) is 0.161. The molecule has 0 unspecified atom stereocenters. The Balaban J connectivity index is 1.10. The first-order valence-electron chi connectivity index (χ1n) is 21.9. The maximum Gasteiger partial charge on any atom is 0.136 e. The molecule has 0 bridgehead atoms. The van der Waals surface area contributed by atoms with Gasteiger partial charge < -0.3 is 9.32 Å². The molecule has 296 valence electrons. The first kappa shape index (κ1) is 35.8. The summed E-state index contributed by atoms with van der Waals surface area (Å²) >= 11 is 0. The van der Waals surface area contributed by atoms with Crippen LogP contribution in [0.5, 0.6) is 0 Å². The summed E-state index contributed by atoms with van der Waals surface area (Å²) in [6.07, 6.45) is 0. The molecule has 2 heteroatoms. The van der Waals surface area contributed by atoms with E-state index in [2.05, 4.69) is 231 Å². The number of fused-ring (bicyclic) bond motifs is 13. The van der Waals surface area contributed by atoms with E-state index in [0.717, 1.165) is 50.1 Å². The van der Waals surface area contributed by atoms with E-state index in [1.165, 1.54) is 76.5 Å². The number of benzene rings is 11. The molecule has 12 aromatic rings. The number of rotatable bonds is 5. The fourth-order valence-electron chi connectivity index (χ4n) is 10.9. The van der Waals surface area contributed by atoms with Crippen molar-refractivity contribution in [2.24, 2.45) is 0 Å². The minimum Gasteiger partial charge on any atom is -0.456 e. The molecule has 0 amide bonds. The zero-order valence-corrected chi connectivity index (χ0v) is 35.1. The van der Waals surface area contributed by atoms with Gasteiger partial charge in [-0.25, -0.2) is 0 Å². The molecule has 1 aliphatic carbocycles. The molecule has 1 aliphatic rings. The fraction of sp³-hybridized carbons (Fsp3) is 0.0492. The molecule has 11 aromatic carbocycles. The molecule has 1 aromatic heterocycles. The number of furan rings is 1. The molecule has 0 saturated heterocycles. The Morgan fingerprint density at radius 2 is 0.937 bits per heavy atom. The van der Waals surface area contributed by atoms with Crippen molar-refractivity contribution >= 4 is 82.1 Å². The standard InChI is InChI=1S/C61H41NO/c1-61(2)54-24-11-9-21-50(54)51-33-31-42(37-55(51)61)62(41-29-26-39(27-30-41)44-23-13-15-38-14-3-4-16-43(38)44)56-34-35-58-60(52-22-10-12-25-57(52)63-58)59(56)40-28-32-49-47-19-6-5-17-45(47)46-18-7-8-20-48(46)53(49)36-40/h3-37H,1-2H3. The van der Waals surface area contributed by atoms with Crippen LogP contribution in [0.3, 0.4) is 0 Å². The second-order valence-electron chi connectivity index (χ2n) is 17.6. The summed E-state index contributed by atoms with van der Waals surface area (Å²) in [5.74, 6) is 0. The van der Waals surface area contributed by atoms with Crippen LogP contribution in [-0.2, 0) is 5.41 Å². The molecule has 0 N–H and O–H groups in total. The SMILES string of the molecule is CC1(C)c2ccccc2-c2ccc(N(c3ccc(-c4cccc5ccccc45)cc3)c3ccc4oc5ccccc5c4c3-c3ccc4c5ccccc5c5ccccc5c4c3)cc21. The van der Waals surface area contributed by atoms with Crippen molar-refractivity contribution in [1.82, 2.24) is 0 Å². The second kappa shape index (κ2) is 13.5. The van der Waals surface area contributed by atoms with Gasteiger partial charge in [-0.15, -0.1) is 0 Å². The van der Waals surface area contributed by atoms with Crippen LogP contribution in [0.25, 0.3) is 98.4 Å². The van der Waals surface area contributed by atoms with Gasteiger partial charge in [0.05, 0.1) is 5.69 Å². The number of para-hydroxylation sites is 1. The lowest BCUT2D eigenvalue weighted by molar-refractivity contribution is 0.660. The van der Waals surface area contributed by atoms with Crippen LogP contribution in [-0.4, -0.2) is 0 Å². The van der Waals surface area contributed by atoms with Gasteiger partial charge in [0.1, 0.15) is 11.2 Å². The molecular weight excluding hydrogens is 763 g/mol. The monoisotopic (exact) mass is 803 g/mol. The van der Waals surface area contributed by atoms with Gasteiger partial charge in [0.25, 0.3) is 0 Å². The molecule has 0 radical (unpaired) electrons. The van der Waals surface area contributed by atoms with Crippen LogP contribution < -0.4 is 4.90 Å². The summed E-state index contributed by atoms with van der Waals surface area (Å²) in [4.78, 5) is 2.48. The summed E-state index contributed by atoms with van der Waals surface area (Å²) in [5, 5.41) is 12.2. The number of hydrogen-bond acceptors (Lipinski definition) is 2. The Morgan fingerprint density at radius 1 is 0.365 bits per heavy atom. The van der Waals surface area contributed by atoms with Crippen molar-refractivity contribution in [2.75, 3.05) is 4.90 Å². The van der Waals surface area contributed by atoms with Crippen LogP contribution in [0.1, 0.15) is 25.0 Å². The summed E-state index contributed by atoms with van der Waals surface area (Å²) in [6.45, 7) is 4.73. The van der Waals surface area contributed by atoms with Crippen molar-refractivity contribution < 1.29 is 4.42 Å². The van der Waals surface area contributed by atoms with Gasteiger partial charge in [0.15, 0.2) is 0 Å². The van der Waals surface area contributed by atoms with Gasteiger partial charge in [-0.05, 0) is 131 Å². The maximum absolute atomic E-state index is 6.68. The third-order valence-corrected chi connectivity index (χ3v) is 13.8. The molecule has 63 heavy (non-hydrogen) atoms. The Hall–Kier alpha value is -7.94. The van der Waals surface area contributed by atoms with E-state index >= 15 is 0 Å². The average molecular weight is 804 g/mol. The summed E-state index contributed by atoms with van der Waals surface area (Å²) in [7, 11) is 0. The smallest absolute Gasteiger partial charge is 0.136 e. The highest BCUT2D eigenvalue weighted by molar-refractivity contribution is 6.26. The van der Waals surface area contributed by atoms with E-state index in [9.17, 15) is 0 Å². The van der Waals surface area contributed by atoms with Gasteiger partial charge in [0, 0.05) is 33.1 Å². The predicted molar refractivity (Wildman–Crippen MR) is 267 cm³/mol. The van der Waals surface area contributed by atoms with Gasteiger partial charge in [-0.1, -0.05) is 178 Å². The molecule has 0 fully saturated rings. The molecule has 13 rings (SSSR count). The molecule has 2 nitrogen and oxygen atoms in total. The predicted octanol–water partition coefficient (Wildman–Crippen LogP) is 17.3. The largest absolute Gasteiger partial charge is 0.456 e. The van der Waals surface area contributed by atoms with Crippen LogP contribution in [0, 0.1) is 0 Å². The molecular formula is C61H41NO. The van der Waals surface area contributed by atoms with Crippen molar-refractivity contribution in [1.29, 1.82) is 0 Å². The van der Waals surface area contributed by atoms with E-state index in [0.29, 0.717) is 0 Å². The van der Waals surface area contributed by atoms with E-state index in [1.807, 2.05) is 0 Å². The number of anilines is 3. The van der Waals surface area contributed by atoms with Gasteiger partial charge in [0.2, 0.25) is 0 Å². The molecule has 0 atom stereocenters. The molecule has 0 saturated carbocycles. The molecule has 0 spiro atoms. The van der Waals surface area contributed by atoms with Crippen LogP contribution in [0.2, 0.25) is 0 Å². The van der Waals surface area contributed by atoms with Gasteiger partial charge in [-0.2, -0.15) is 0 Å². The van der Waals surface area contributed by atoms with Gasteiger partial charge in [-0.3, -0.25) is 0 Å². The lowest BCUT2D eigenvalue weighted by Gasteiger charge is -2.30. The lowest BCUT2D eigenvalue weighted by atomic mass is 9.82. The maximum atomic E-state index is 6.68. The number of hydrogen-bond donors (Lipinski definition) is 0. The number of nitrogens with zero attached hydrogens (tertiary/aromatic N) is 1. The minimum atomic E-state index is -0.165. The van der Waals surface area contributed by atoms with Crippen LogP contribution in [0.15, 0.2) is 217 Å². The van der Waals surface area contributed by atoms with E-state index in [4.69, 9.17) is 4.42 Å². The zero-order valence-electron chi connectivity index (χ0n) is 35.1. The third kappa shape index (κ3) is 5.31. The van der Waals surface area contributed by atoms with Crippen LogP contribution >= 0.6 is 0 Å². The van der Waals surface area contributed by atoms with Crippen molar-refractivity contribution in [3.63, 3.8) is 0 Å². The first-order chi connectivity index (χ1) is 31.0. The van der Waals surface area contributed by atoms with E-state index in [-0.39, 0.29) is 5.41 Å². The highest BCUT2D eigenvalue weighted by Gasteiger charge is 2.36. The van der Waals surface area contributed by atoms with E-state index < -0.39 is 0 Å². The fourth-order valence-corrected chi connectivity index (χ4v) is 10.9. The Bertz CT molecular complexity index is 3790.